The van der Waals surface area contributed by atoms with Crippen LogP contribution in [0.25, 0.3) is 0 Å². The first-order chi connectivity index (χ1) is 7.74. The molecule has 0 spiro atoms. The number of benzene rings is 1. The molecule has 16 heavy (non-hydrogen) atoms. The van der Waals surface area contributed by atoms with E-state index in [2.05, 4.69) is 15.6 Å². The minimum absolute atomic E-state index is 0.236. The highest BCUT2D eigenvalue weighted by molar-refractivity contribution is 7.19. The molecule has 1 aromatic carbocycles. The molecule has 3 rings (SSSR count). The summed E-state index contributed by atoms with van der Waals surface area (Å²) >= 11 is 1.27. The highest BCUT2D eigenvalue weighted by atomic mass is 32.1. The molecule has 0 fully saturated rings. The van der Waals surface area contributed by atoms with E-state index in [1.54, 1.807) is 0 Å². The Morgan fingerprint density at radius 1 is 1.19 bits per heavy atom. The van der Waals surface area contributed by atoms with Crippen molar-refractivity contribution in [3.05, 3.63) is 30.0 Å². The maximum Gasteiger partial charge on any atom is 0.277 e. The quantitative estimate of drug-likeness (QED) is 0.649. The van der Waals surface area contributed by atoms with Crippen molar-refractivity contribution >= 4 is 38.8 Å². The monoisotopic (exact) mass is 232 g/mol. The summed E-state index contributed by atoms with van der Waals surface area (Å²) in [7, 11) is 0. The topological polar surface area (TPSA) is 80.0 Å². The molecule has 0 saturated heterocycles. The zero-order valence-electron chi connectivity index (χ0n) is 8.15. The van der Waals surface area contributed by atoms with Gasteiger partial charge in [-0.15, -0.1) is 0 Å². The summed E-state index contributed by atoms with van der Waals surface area (Å²) in [4.78, 5) is 15.8. The van der Waals surface area contributed by atoms with Gasteiger partial charge in [0.2, 0.25) is 0 Å². The molecule has 0 bridgehead atoms. The van der Waals surface area contributed by atoms with Crippen molar-refractivity contribution in [2.45, 2.75) is 0 Å². The number of hydrogen-bond donors (Lipinski definition) is 3. The minimum atomic E-state index is -0.236. The van der Waals surface area contributed by atoms with Crippen LogP contribution in [0, 0.1) is 0 Å². The van der Waals surface area contributed by atoms with Gasteiger partial charge >= 0.3 is 0 Å². The lowest BCUT2D eigenvalue weighted by Gasteiger charge is -2.05. The van der Waals surface area contributed by atoms with Crippen molar-refractivity contribution in [2.24, 2.45) is 0 Å². The number of carbonyl (C=O) groups is 1. The Labute approximate surface area is 95.3 Å². The Bertz CT molecular complexity index is 578. The molecule has 2 heterocycles. The smallest absolute Gasteiger partial charge is 0.277 e. The van der Waals surface area contributed by atoms with E-state index in [1.165, 1.54) is 11.3 Å². The Morgan fingerprint density at radius 2 is 1.88 bits per heavy atom. The van der Waals surface area contributed by atoms with Gasteiger partial charge in [0.05, 0.1) is 11.4 Å². The number of nitrogen functional groups attached to an aromatic ring is 1. The van der Waals surface area contributed by atoms with E-state index in [1.807, 2.05) is 24.3 Å². The fourth-order valence-corrected chi connectivity index (χ4v) is 2.32. The summed E-state index contributed by atoms with van der Waals surface area (Å²) in [5, 5.41) is 6.99. The lowest BCUT2D eigenvalue weighted by Crippen LogP contribution is -2.11. The molecule has 1 aromatic heterocycles. The molecule has 80 valence electrons. The number of amides is 1. The molecule has 1 amide bonds. The van der Waals surface area contributed by atoms with Gasteiger partial charge in [-0.05, 0) is 12.1 Å². The van der Waals surface area contributed by atoms with Gasteiger partial charge in [-0.2, -0.15) is 0 Å². The number of nitrogens with one attached hydrogen (secondary N) is 2. The van der Waals surface area contributed by atoms with Gasteiger partial charge in [0, 0.05) is 0 Å². The summed E-state index contributed by atoms with van der Waals surface area (Å²) in [5.74, 6) is -0.236. The largest absolute Gasteiger partial charge is 0.375 e. The number of thiazole rings is 1. The fourth-order valence-electron chi connectivity index (χ4n) is 1.58. The molecule has 0 aliphatic carbocycles. The van der Waals surface area contributed by atoms with Crippen LogP contribution in [0.3, 0.4) is 0 Å². The Kier molecular flexibility index (Phi) is 1.84. The Hall–Kier alpha value is -2.08. The highest BCUT2D eigenvalue weighted by Crippen LogP contribution is 2.35. The first kappa shape index (κ1) is 9.17. The number of hydrogen-bond acceptors (Lipinski definition) is 5. The van der Waals surface area contributed by atoms with Gasteiger partial charge in [-0.25, -0.2) is 4.98 Å². The van der Waals surface area contributed by atoms with Crippen LogP contribution in [-0.4, -0.2) is 10.9 Å². The van der Waals surface area contributed by atoms with Crippen LogP contribution in [0.1, 0.15) is 10.5 Å². The molecular formula is C10H8N4OS. The van der Waals surface area contributed by atoms with Crippen molar-refractivity contribution in [3.8, 4) is 0 Å². The second kappa shape index (κ2) is 3.21. The van der Waals surface area contributed by atoms with Crippen LogP contribution in [-0.2, 0) is 0 Å². The predicted octanol–water partition coefficient (Wildman–Crippen LogP) is 2.03. The van der Waals surface area contributed by atoms with E-state index in [0.717, 1.165) is 11.4 Å². The first-order valence-electron chi connectivity index (χ1n) is 4.68. The third-order valence-electron chi connectivity index (χ3n) is 2.28. The summed E-state index contributed by atoms with van der Waals surface area (Å²) in [6.45, 7) is 0. The van der Waals surface area contributed by atoms with E-state index in [0.29, 0.717) is 15.8 Å². The SMILES string of the molecule is Nc1nc2c(s1)Nc1ccccc1NC2=O. The average molecular weight is 232 g/mol. The first-order valence-corrected chi connectivity index (χ1v) is 5.49. The van der Waals surface area contributed by atoms with Crippen molar-refractivity contribution < 1.29 is 4.79 Å². The molecule has 6 heteroatoms. The Balaban J connectivity index is 2.17. The van der Waals surface area contributed by atoms with Gasteiger partial charge in [0.1, 0.15) is 5.00 Å². The predicted molar refractivity (Wildman–Crippen MR) is 64.2 cm³/mol. The van der Waals surface area contributed by atoms with E-state index >= 15 is 0 Å². The third kappa shape index (κ3) is 1.31. The van der Waals surface area contributed by atoms with Crippen LogP contribution < -0.4 is 16.4 Å². The lowest BCUT2D eigenvalue weighted by molar-refractivity contribution is 0.102. The molecule has 0 atom stereocenters. The maximum absolute atomic E-state index is 11.8. The van der Waals surface area contributed by atoms with Crippen molar-refractivity contribution in [1.29, 1.82) is 0 Å². The molecule has 5 nitrogen and oxygen atoms in total. The summed E-state index contributed by atoms with van der Waals surface area (Å²) in [6.07, 6.45) is 0. The number of anilines is 4. The van der Waals surface area contributed by atoms with Gasteiger partial charge in [-0.1, -0.05) is 23.5 Å². The fraction of sp³-hybridized carbons (Fsp3) is 0. The van der Waals surface area contributed by atoms with E-state index in [-0.39, 0.29) is 5.91 Å². The number of carbonyl (C=O) groups excluding carboxylic acids is 1. The Morgan fingerprint density at radius 3 is 2.62 bits per heavy atom. The number of aromatic nitrogens is 1. The summed E-state index contributed by atoms with van der Waals surface area (Å²) < 4.78 is 0. The second-order valence-corrected chi connectivity index (χ2v) is 4.39. The second-order valence-electron chi connectivity index (χ2n) is 3.35. The molecule has 4 N–H and O–H groups in total. The zero-order chi connectivity index (χ0) is 11.1. The van der Waals surface area contributed by atoms with Crippen molar-refractivity contribution in [1.82, 2.24) is 4.98 Å². The summed E-state index contributed by atoms with van der Waals surface area (Å²) in [6, 6.07) is 7.48. The molecular weight excluding hydrogens is 224 g/mol. The zero-order valence-corrected chi connectivity index (χ0v) is 8.97. The van der Waals surface area contributed by atoms with Gasteiger partial charge < -0.3 is 16.4 Å². The number of rotatable bonds is 0. The van der Waals surface area contributed by atoms with Crippen molar-refractivity contribution in [3.63, 3.8) is 0 Å². The normalized spacial score (nSPS) is 13.1. The van der Waals surface area contributed by atoms with Crippen LogP contribution in [0.5, 0.6) is 0 Å². The number of nitrogens with two attached hydrogens (primary N) is 1. The van der Waals surface area contributed by atoms with Crippen molar-refractivity contribution in [2.75, 3.05) is 16.4 Å². The summed E-state index contributed by atoms with van der Waals surface area (Å²) in [5.41, 5.74) is 7.52. The van der Waals surface area contributed by atoms with Crippen LogP contribution >= 0.6 is 11.3 Å². The number of para-hydroxylation sites is 2. The van der Waals surface area contributed by atoms with Crippen LogP contribution in [0.4, 0.5) is 21.5 Å². The van der Waals surface area contributed by atoms with Gasteiger partial charge in [-0.3, -0.25) is 4.79 Å². The molecule has 2 aromatic rings. The molecule has 0 radical (unpaired) electrons. The average Bonchev–Trinajstić information content (AvgIpc) is 2.57. The van der Waals surface area contributed by atoms with Crippen LogP contribution in [0.2, 0.25) is 0 Å². The molecule has 1 aliphatic rings. The van der Waals surface area contributed by atoms with Crippen LogP contribution in [0.15, 0.2) is 24.3 Å². The maximum atomic E-state index is 11.8. The van der Waals surface area contributed by atoms with E-state index < -0.39 is 0 Å². The van der Waals surface area contributed by atoms with Gasteiger partial charge in [0.15, 0.2) is 10.8 Å². The van der Waals surface area contributed by atoms with Gasteiger partial charge in [0.25, 0.3) is 5.91 Å². The molecule has 0 unspecified atom stereocenters. The number of nitrogens with zero attached hydrogens (tertiary/aromatic N) is 1. The highest BCUT2D eigenvalue weighted by Gasteiger charge is 2.22. The minimum Gasteiger partial charge on any atom is -0.375 e. The van der Waals surface area contributed by atoms with E-state index in [4.69, 9.17) is 5.73 Å². The van der Waals surface area contributed by atoms with E-state index in [9.17, 15) is 4.79 Å². The lowest BCUT2D eigenvalue weighted by atomic mass is 10.2. The third-order valence-corrected chi connectivity index (χ3v) is 3.08. The number of fused-ring (bicyclic) bond motifs is 2. The molecule has 1 aliphatic heterocycles. The standard InChI is InChI=1S/C10H8N4OS/c11-10-14-7-8(15)12-5-3-1-2-4-6(5)13-9(7)16-10/h1-4,13H,(H2,11,14)(H,12,15). The molecule has 0 saturated carbocycles.